The molecule has 1 aromatic carbocycles. The van der Waals surface area contributed by atoms with E-state index in [1.807, 2.05) is 32.0 Å². The van der Waals surface area contributed by atoms with Gasteiger partial charge in [-0.25, -0.2) is 4.98 Å². The number of amides is 1. The molecular formula is C18H19N3O3S. The Labute approximate surface area is 149 Å². The molecule has 2 heterocycles. The third kappa shape index (κ3) is 3.71. The fourth-order valence-electron chi connectivity index (χ4n) is 2.49. The van der Waals surface area contributed by atoms with Crippen molar-refractivity contribution in [3.05, 3.63) is 51.9 Å². The zero-order chi connectivity index (χ0) is 17.8. The topological polar surface area (TPSA) is 73.2 Å². The summed E-state index contributed by atoms with van der Waals surface area (Å²) in [5.41, 5.74) is 0.384. The van der Waals surface area contributed by atoms with Crippen LogP contribution in [-0.2, 0) is 17.8 Å². The van der Waals surface area contributed by atoms with Gasteiger partial charge in [0.2, 0.25) is 5.91 Å². The van der Waals surface area contributed by atoms with Crippen molar-refractivity contribution in [3.63, 3.8) is 0 Å². The smallest absolute Gasteiger partial charge is 0.262 e. The Kier molecular flexibility index (Phi) is 5.14. The average Bonchev–Trinajstić information content (AvgIpc) is 3.04. The SMILES string of the molecule is CCOc1ccccc1NC(=O)Cn1cnc2sc(CC)cc2c1=O. The zero-order valence-corrected chi connectivity index (χ0v) is 14.9. The molecule has 0 unspecified atom stereocenters. The Morgan fingerprint density at radius 1 is 1.32 bits per heavy atom. The van der Waals surface area contributed by atoms with Gasteiger partial charge in [0.25, 0.3) is 5.56 Å². The molecule has 7 heteroatoms. The first-order chi connectivity index (χ1) is 12.1. The summed E-state index contributed by atoms with van der Waals surface area (Å²) in [4.78, 5) is 31.0. The molecule has 0 fully saturated rings. The molecule has 3 rings (SSSR count). The van der Waals surface area contributed by atoms with Crippen molar-refractivity contribution in [2.75, 3.05) is 11.9 Å². The predicted octanol–water partition coefficient (Wildman–Crippen LogP) is 3.06. The van der Waals surface area contributed by atoms with E-state index < -0.39 is 0 Å². The lowest BCUT2D eigenvalue weighted by atomic mass is 10.3. The number of carbonyl (C=O) groups is 1. The first-order valence-corrected chi connectivity index (χ1v) is 8.93. The number of nitrogens with one attached hydrogen (secondary N) is 1. The molecule has 6 nitrogen and oxygen atoms in total. The number of carbonyl (C=O) groups excluding carboxylic acids is 1. The van der Waals surface area contributed by atoms with E-state index in [4.69, 9.17) is 4.74 Å². The molecule has 0 radical (unpaired) electrons. The molecule has 130 valence electrons. The van der Waals surface area contributed by atoms with Crippen LogP contribution in [-0.4, -0.2) is 22.1 Å². The highest BCUT2D eigenvalue weighted by Crippen LogP contribution is 2.24. The lowest BCUT2D eigenvalue weighted by molar-refractivity contribution is -0.116. The van der Waals surface area contributed by atoms with Crippen molar-refractivity contribution in [3.8, 4) is 5.75 Å². The molecule has 0 atom stereocenters. The minimum atomic E-state index is -0.304. The number of benzene rings is 1. The predicted molar refractivity (Wildman–Crippen MR) is 99.5 cm³/mol. The van der Waals surface area contributed by atoms with Crippen LogP contribution >= 0.6 is 11.3 Å². The number of hydrogen-bond acceptors (Lipinski definition) is 5. The minimum absolute atomic E-state index is 0.0977. The highest BCUT2D eigenvalue weighted by Gasteiger charge is 2.12. The van der Waals surface area contributed by atoms with Crippen molar-refractivity contribution >= 4 is 33.1 Å². The van der Waals surface area contributed by atoms with Crippen LogP contribution in [0.1, 0.15) is 18.7 Å². The summed E-state index contributed by atoms with van der Waals surface area (Å²) in [5.74, 6) is 0.297. The lowest BCUT2D eigenvalue weighted by Crippen LogP contribution is -2.27. The van der Waals surface area contributed by atoms with Crippen LogP contribution in [0, 0.1) is 0 Å². The molecule has 0 saturated heterocycles. The maximum atomic E-state index is 12.5. The van der Waals surface area contributed by atoms with E-state index in [0.717, 1.165) is 11.3 Å². The van der Waals surface area contributed by atoms with E-state index in [1.165, 1.54) is 22.2 Å². The Morgan fingerprint density at radius 2 is 2.12 bits per heavy atom. The standard InChI is InChI=1S/C18H19N3O3S/c1-3-12-9-13-17(25-12)19-11-21(18(13)23)10-16(22)20-14-7-5-6-8-15(14)24-4-2/h5-9,11H,3-4,10H2,1-2H3,(H,20,22). The van der Waals surface area contributed by atoms with Gasteiger partial charge in [0.05, 0.1) is 24.0 Å². The number of aromatic nitrogens is 2. The highest BCUT2D eigenvalue weighted by atomic mass is 32.1. The van der Waals surface area contributed by atoms with E-state index >= 15 is 0 Å². The zero-order valence-electron chi connectivity index (χ0n) is 14.1. The van der Waals surface area contributed by atoms with Crippen LogP contribution in [0.5, 0.6) is 5.75 Å². The molecule has 0 aliphatic carbocycles. The second-order valence-corrected chi connectivity index (χ2v) is 6.56. The quantitative estimate of drug-likeness (QED) is 0.736. The Morgan fingerprint density at radius 3 is 2.88 bits per heavy atom. The van der Waals surface area contributed by atoms with Crippen molar-refractivity contribution in [2.45, 2.75) is 26.8 Å². The molecule has 0 spiro atoms. The van der Waals surface area contributed by atoms with E-state index in [9.17, 15) is 9.59 Å². The van der Waals surface area contributed by atoms with Crippen molar-refractivity contribution in [1.29, 1.82) is 0 Å². The molecule has 0 aliphatic heterocycles. The molecule has 1 amide bonds. The summed E-state index contributed by atoms with van der Waals surface area (Å²) in [7, 11) is 0. The maximum Gasteiger partial charge on any atom is 0.262 e. The molecule has 1 N–H and O–H groups in total. The van der Waals surface area contributed by atoms with Crippen LogP contribution in [0.2, 0.25) is 0 Å². The minimum Gasteiger partial charge on any atom is -0.492 e. The number of nitrogens with zero attached hydrogens (tertiary/aromatic N) is 2. The molecule has 0 aliphatic rings. The second kappa shape index (κ2) is 7.48. The van der Waals surface area contributed by atoms with Crippen molar-refractivity contribution in [2.24, 2.45) is 0 Å². The van der Waals surface area contributed by atoms with Crippen molar-refractivity contribution < 1.29 is 9.53 Å². The second-order valence-electron chi connectivity index (χ2n) is 5.44. The summed E-state index contributed by atoms with van der Waals surface area (Å²) in [6, 6.07) is 9.06. The van der Waals surface area contributed by atoms with Gasteiger partial charge in [0.15, 0.2) is 0 Å². The first kappa shape index (κ1) is 17.2. The first-order valence-electron chi connectivity index (χ1n) is 8.12. The molecular weight excluding hydrogens is 338 g/mol. The van der Waals surface area contributed by atoms with Crippen LogP contribution in [0.4, 0.5) is 5.69 Å². The number of fused-ring (bicyclic) bond motifs is 1. The fraction of sp³-hybridized carbons (Fsp3) is 0.278. The average molecular weight is 357 g/mol. The van der Waals surface area contributed by atoms with Gasteiger partial charge in [-0.05, 0) is 31.5 Å². The molecule has 2 aromatic heterocycles. The largest absolute Gasteiger partial charge is 0.492 e. The molecule has 0 bridgehead atoms. The number of hydrogen-bond donors (Lipinski definition) is 1. The molecule has 3 aromatic rings. The summed E-state index contributed by atoms with van der Waals surface area (Å²) >= 11 is 1.51. The van der Waals surface area contributed by atoms with Gasteiger partial charge in [-0.1, -0.05) is 19.1 Å². The van der Waals surface area contributed by atoms with Gasteiger partial charge < -0.3 is 10.1 Å². The number of rotatable bonds is 6. The fourth-order valence-corrected chi connectivity index (χ4v) is 3.42. The molecule has 0 saturated carbocycles. The maximum absolute atomic E-state index is 12.5. The third-order valence-corrected chi connectivity index (χ3v) is 4.88. The Balaban J connectivity index is 1.80. The van der Waals surface area contributed by atoms with Crippen LogP contribution in [0.15, 0.2) is 41.5 Å². The number of thiophene rings is 1. The highest BCUT2D eigenvalue weighted by molar-refractivity contribution is 7.18. The summed E-state index contributed by atoms with van der Waals surface area (Å²) in [6.45, 7) is 4.32. The van der Waals surface area contributed by atoms with Gasteiger partial charge in [-0.15, -0.1) is 11.3 Å². The van der Waals surface area contributed by atoms with Gasteiger partial charge in [0, 0.05) is 4.88 Å². The van der Waals surface area contributed by atoms with Gasteiger partial charge in [-0.2, -0.15) is 0 Å². The van der Waals surface area contributed by atoms with E-state index in [0.29, 0.717) is 28.3 Å². The Bertz CT molecular complexity index is 962. The molecule has 25 heavy (non-hydrogen) atoms. The van der Waals surface area contributed by atoms with E-state index in [-0.39, 0.29) is 18.0 Å². The number of aryl methyl sites for hydroxylation is 1. The van der Waals surface area contributed by atoms with Crippen molar-refractivity contribution in [1.82, 2.24) is 9.55 Å². The summed E-state index contributed by atoms with van der Waals surface area (Å²) in [6.07, 6.45) is 2.28. The third-order valence-electron chi connectivity index (χ3n) is 3.69. The van der Waals surface area contributed by atoms with Crippen LogP contribution in [0.3, 0.4) is 0 Å². The van der Waals surface area contributed by atoms with Gasteiger partial charge >= 0.3 is 0 Å². The van der Waals surface area contributed by atoms with Crippen LogP contribution < -0.4 is 15.6 Å². The lowest BCUT2D eigenvalue weighted by Gasteiger charge is -2.11. The Hall–Kier alpha value is -2.67. The monoisotopic (exact) mass is 357 g/mol. The van der Waals surface area contributed by atoms with Crippen LogP contribution in [0.25, 0.3) is 10.2 Å². The normalized spacial score (nSPS) is 10.8. The summed E-state index contributed by atoms with van der Waals surface area (Å²) < 4.78 is 6.82. The van der Waals surface area contributed by atoms with Gasteiger partial charge in [-0.3, -0.25) is 14.2 Å². The summed E-state index contributed by atoms with van der Waals surface area (Å²) in [5, 5.41) is 3.35. The van der Waals surface area contributed by atoms with E-state index in [1.54, 1.807) is 12.1 Å². The number of anilines is 1. The van der Waals surface area contributed by atoms with Gasteiger partial charge in [0.1, 0.15) is 17.1 Å². The van der Waals surface area contributed by atoms with E-state index in [2.05, 4.69) is 10.3 Å². The number of ether oxygens (including phenoxy) is 1. The number of para-hydroxylation sites is 2.